The third-order valence-electron chi connectivity index (χ3n) is 4.44. The molecule has 27 heavy (non-hydrogen) atoms. The molecule has 0 spiro atoms. The molecule has 1 N–H and O–H groups in total. The zero-order chi connectivity index (χ0) is 19.3. The Balaban J connectivity index is 1.68. The lowest BCUT2D eigenvalue weighted by molar-refractivity contribution is 0.242. The molecule has 1 aromatic heterocycles. The summed E-state index contributed by atoms with van der Waals surface area (Å²) < 4.78 is 33.3. The van der Waals surface area contributed by atoms with E-state index in [9.17, 15) is 8.42 Å². The van der Waals surface area contributed by atoms with Crippen LogP contribution in [0.1, 0.15) is 39.5 Å². The van der Waals surface area contributed by atoms with Crippen molar-refractivity contribution in [3.05, 3.63) is 42.6 Å². The highest BCUT2D eigenvalue weighted by molar-refractivity contribution is 7.92. The Morgan fingerprint density at radius 3 is 2.22 bits per heavy atom. The number of hydrogen-bond donors (Lipinski definition) is 1. The van der Waals surface area contributed by atoms with Gasteiger partial charge in [-0.3, -0.25) is 4.72 Å². The Bertz CT molecular complexity index is 826. The van der Waals surface area contributed by atoms with Crippen LogP contribution in [0, 0.1) is 0 Å². The maximum Gasteiger partial charge on any atom is 0.261 e. The van der Waals surface area contributed by atoms with E-state index in [1.165, 1.54) is 25.7 Å². The number of benzene rings is 1. The minimum Gasteiger partial charge on any atom is -0.491 e. The standard InChI is InChI=1S/C20H27N3O3S/c1-16(2)26-18-8-10-19(11-9-18)27(24,25)22-17-7-12-20(21-15-17)23-13-5-3-4-6-14-23/h7-12,15-16,22H,3-6,13-14H2,1-2H3. The lowest BCUT2D eigenvalue weighted by Crippen LogP contribution is -2.24. The van der Waals surface area contributed by atoms with Crippen LogP contribution in [0.25, 0.3) is 0 Å². The molecule has 0 radical (unpaired) electrons. The van der Waals surface area contributed by atoms with Gasteiger partial charge in [0.2, 0.25) is 0 Å². The number of hydrogen-bond acceptors (Lipinski definition) is 5. The maximum absolute atomic E-state index is 12.6. The second-order valence-corrected chi connectivity index (χ2v) is 8.73. The van der Waals surface area contributed by atoms with Crippen molar-refractivity contribution in [1.29, 1.82) is 0 Å². The van der Waals surface area contributed by atoms with Crippen molar-refractivity contribution in [2.24, 2.45) is 0 Å². The topological polar surface area (TPSA) is 71.5 Å². The molecule has 1 aromatic carbocycles. The third kappa shape index (κ3) is 5.35. The van der Waals surface area contributed by atoms with E-state index < -0.39 is 10.0 Å². The van der Waals surface area contributed by atoms with Crippen molar-refractivity contribution in [2.75, 3.05) is 22.7 Å². The van der Waals surface area contributed by atoms with E-state index in [0.29, 0.717) is 11.4 Å². The van der Waals surface area contributed by atoms with E-state index >= 15 is 0 Å². The van der Waals surface area contributed by atoms with Gasteiger partial charge in [-0.25, -0.2) is 13.4 Å². The molecule has 0 amide bonds. The maximum atomic E-state index is 12.6. The molecule has 0 atom stereocenters. The molecule has 1 saturated heterocycles. The van der Waals surface area contributed by atoms with E-state index in [4.69, 9.17) is 4.74 Å². The van der Waals surface area contributed by atoms with Crippen molar-refractivity contribution in [3.8, 4) is 5.75 Å². The Hall–Kier alpha value is -2.28. The summed E-state index contributed by atoms with van der Waals surface area (Å²) in [7, 11) is -3.66. The van der Waals surface area contributed by atoms with Crippen LogP contribution in [0.5, 0.6) is 5.75 Å². The van der Waals surface area contributed by atoms with Crippen molar-refractivity contribution < 1.29 is 13.2 Å². The van der Waals surface area contributed by atoms with Gasteiger partial charge in [0.05, 0.1) is 22.9 Å². The molecule has 0 unspecified atom stereocenters. The number of ether oxygens (including phenoxy) is 1. The average molecular weight is 390 g/mol. The first-order valence-electron chi connectivity index (χ1n) is 9.44. The molecule has 2 aromatic rings. The van der Waals surface area contributed by atoms with Gasteiger partial charge in [0.1, 0.15) is 11.6 Å². The van der Waals surface area contributed by atoms with Crippen LogP contribution in [0.15, 0.2) is 47.5 Å². The summed E-state index contributed by atoms with van der Waals surface area (Å²) in [6, 6.07) is 10.0. The summed E-state index contributed by atoms with van der Waals surface area (Å²) >= 11 is 0. The van der Waals surface area contributed by atoms with Crippen molar-refractivity contribution in [3.63, 3.8) is 0 Å². The second-order valence-electron chi connectivity index (χ2n) is 7.05. The van der Waals surface area contributed by atoms with Gasteiger partial charge >= 0.3 is 0 Å². The zero-order valence-corrected chi connectivity index (χ0v) is 16.7. The molecule has 1 aliphatic rings. The van der Waals surface area contributed by atoms with Gasteiger partial charge in [0.15, 0.2) is 0 Å². The van der Waals surface area contributed by atoms with E-state index in [1.807, 2.05) is 19.9 Å². The zero-order valence-electron chi connectivity index (χ0n) is 15.9. The first-order valence-corrected chi connectivity index (χ1v) is 10.9. The van der Waals surface area contributed by atoms with Crippen LogP contribution in [0.2, 0.25) is 0 Å². The van der Waals surface area contributed by atoms with Gasteiger partial charge in [-0.15, -0.1) is 0 Å². The summed E-state index contributed by atoms with van der Waals surface area (Å²) in [6.45, 7) is 5.86. The SMILES string of the molecule is CC(C)Oc1ccc(S(=O)(=O)Nc2ccc(N3CCCCCC3)nc2)cc1. The van der Waals surface area contributed by atoms with Gasteiger partial charge in [0.25, 0.3) is 10.0 Å². The van der Waals surface area contributed by atoms with Gasteiger partial charge in [-0.05, 0) is 63.1 Å². The minimum atomic E-state index is -3.66. The number of rotatable bonds is 6. The molecule has 7 heteroatoms. The van der Waals surface area contributed by atoms with Crippen LogP contribution in [0.4, 0.5) is 11.5 Å². The molecular formula is C20H27N3O3S. The molecule has 0 bridgehead atoms. The fraction of sp³-hybridized carbons (Fsp3) is 0.450. The summed E-state index contributed by atoms with van der Waals surface area (Å²) in [5, 5.41) is 0. The number of nitrogens with zero attached hydrogens (tertiary/aromatic N) is 2. The van der Waals surface area contributed by atoms with Crippen LogP contribution in [-0.2, 0) is 10.0 Å². The number of sulfonamides is 1. The Kier molecular flexibility index (Phi) is 6.21. The monoisotopic (exact) mass is 389 g/mol. The lowest BCUT2D eigenvalue weighted by atomic mass is 10.2. The molecule has 1 aliphatic heterocycles. The highest BCUT2D eigenvalue weighted by Gasteiger charge is 2.16. The van der Waals surface area contributed by atoms with E-state index in [-0.39, 0.29) is 11.0 Å². The summed E-state index contributed by atoms with van der Waals surface area (Å²) in [5.41, 5.74) is 0.455. The van der Waals surface area contributed by atoms with E-state index in [1.54, 1.807) is 36.5 Å². The molecule has 6 nitrogen and oxygen atoms in total. The Labute approximate surface area is 161 Å². The van der Waals surface area contributed by atoms with Gasteiger partial charge in [-0.1, -0.05) is 12.8 Å². The quantitative estimate of drug-likeness (QED) is 0.807. The second kappa shape index (κ2) is 8.61. The fourth-order valence-corrected chi connectivity index (χ4v) is 4.16. The van der Waals surface area contributed by atoms with Gasteiger partial charge < -0.3 is 9.64 Å². The number of anilines is 2. The van der Waals surface area contributed by atoms with Crippen molar-refractivity contribution in [1.82, 2.24) is 4.98 Å². The Morgan fingerprint density at radius 2 is 1.67 bits per heavy atom. The fourth-order valence-electron chi connectivity index (χ4n) is 3.12. The Morgan fingerprint density at radius 1 is 1.00 bits per heavy atom. The number of pyridine rings is 1. The molecule has 3 rings (SSSR count). The third-order valence-corrected chi connectivity index (χ3v) is 5.83. The molecule has 0 saturated carbocycles. The predicted molar refractivity (Wildman–Crippen MR) is 108 cm³/mol. The highest BCUT2D eigenvalue weighted by Crippen LogP contribution is 2.22. The van der Waals surface area contributed by atoms with Crippen LogP contribution in [0.3, 0.4) is 0 Å². The van der Waals surface area contributed by atoms with Crippen LogP contribution < -0.4 is 14.4 Å². The molecule has 2 heterocycles. The van der Waals surface area contributed by atoms with E-state index in [0.717, 1.165) is 18.9 Å². The molecule has 1 fully saturated rings. The van der Waals surface area contributed by atoms with Gasteiger partial charge in [-0.2, -0.15) is 0 Å². The average Bonchev–Trinajstić information content (AvgIpc) is 2.91. The van der Waals surface area contributed by atoms with Crippen molar-refractivity contribution >= 4 is 21.5 Å². The number of nitrogens with one attached hydrogen (secondary N) is 1. The van der Waals surface area contributed by atoms with Crippen molar-refractivity contribution in [2.45, 2.75) is 50.5 Å². The summed E-state index contributed by atoms with van der Waals surface area (Å²) in [5.74, 6) is 1.54. The smallest absolute Gasteiger partial charge is 0.261 e. The summed E-state index contributed by atoms with van der Waals surface area (Å²) in [4.78, 5) is 6.90. The minimum absolute atomic E-state index is 0.0411. The molecule has 0 aliphatic carbocycles. The van der Waals surface area contributed by atoms with Crippen LogP contribution in [-0.4, -0.2) is 32.6 Å². The van der Waals surface area contributed by atoms with E-state index in [2.05, 4.69) is 14.6 Å². The van der Waals surface area contributed by atoms with Crippen LogP contribution >= 0.6 is 0 Å². The predicted octanol–water partition coefficient (Wildman–Crippen LogP) is 4.05. The normalized spacial score (nSPS) is 15.4. The lowest BCUT2D eigenvalue weighted by Gasteiger charge is -2.21. The van der Waals surface area contributed by atoms with Gasteiger partial charge in [0, 0.05) is 13.1 Å². The highest BCUT2D eigenvalue weighted by atomic mass is 32.2. The first-order chi connectivity index (χ1) is 12.9. The molecular weight excluding hydrogens is 362 g/mol. The number of aromatic nitrogens is 1. The largest absolute Gasteiger partial charge is 0.491 e. The molecule has 146 valence electrons. The summed E-state index contributed by atoms with van der Waals surface area (Å²) in [6.07, 6.45) is 6.48. The first kappa shape index (κ1) is 19.5.